The van der Waals surface area contributed by atoms with Crippen LogP contribution in [0.2, 0.25) is 0 Å². The first kappa shape index (κ1) is 14.2. The minimum atomic E-state index is -0.488. The Labute approximate surface area is 114 Å². The number of hydrogen-bond acceptors (Lipinski definition) is 3. The van der Waals surface area contributed by atoms with E-state index in [1.165, 1.54) is 6.20 Å². The van der Waals surface area contributed by atoms with Gasteiger partial charge in [0, 0.05) is 11.8 Å². The normalized spacial score (nSPS) is 21.3. The highest BCUT2D eigenvalue weighted by atomic mass is 19.1. The Morgan fingerprint density at radius 3 is 2.37 bits per heavy atom. The van der Waals surface area contributed by atoms with Crippen LogP contribution in [0.4, 0.5) is 4.39 Å². The summed E-state index contributed by atoms with van der Waals surface area (Å²) in [6.45, 7) is 9.80. The van der Waals surface area contributed by atoms with Gasteiger partial charge >= 0.3 is 7.12 Å². The van der Waals surface area contributed by atoms with Crippen molar-refractivity contribution in [3.05, 3.63) is 35.3 Å². The molecule has 0 saturated carbocycles. The molecule has 0 aliphatic carbocycles. The standard InChI is InChI=1S/C14H19BFNO2/c1-10-8-11(12(16)17-9-10)6-7-15-18-13(2,3)14(4,5)19-15/h6-9H,1-5H3/b7-6+. The molecule has 1 aromatic rings. The molecule has 1 fully saturated rings. The number of halogens is 1. The van der Waals surface area contributed by atoms with Crippen LogP contribution in [-0.2, 0) is 9.31 Å². The fourth-order valence-corrected chi connectivity index (χ4v) is 1.84. The Kier molecular flexibility index (Phi) is 3.54. The van der Waals surface area contributed by atoms with Gasteiger partial charge in [-0.05, 0) is 46.2 Å². The number of rotatable bonds is 2. The predicted octanol–water partition coefficient (Wildman–Crippen LogP) is 3.17. The Hall–Kier alpha value is -1.20. The molecule has 0 unspecified atom stereocenters. The highest BCUT2D eigenvalue weighted by molar-refractivity contribution is 6.52. The van der Waals surface area contributed by atoms with Crippen molar-refractivity contribution >= 4 is 13.2 Å². The van der Waals surface area contributed by atoms with Gasteiger partial charge in [0.25, 0.3) is 0 Å². The molecule has 1 aromatic heterocycles. The molecule has 0 atom stereocenters. The number of pyridine rings is 1. The second kappa shape index (κ2) is 4.73. The molecule has 2 rings (SSSR count). The lowest BCUT2D eigenvalue weighted by atomic mass is 9.89. The number of nitrogens with zero attached hydrogens (tertiary/aromatic N) is 1. The molecule has 3 nitrogen and oxygen atoms in total. The highest BCUT2D eigenvalue weighted by Crippen LogP contribution is 2.37. The van der Waals surface area contributed by atoms with Crippen molar-refractivity contribution < 1.29 is 13.7 Å². The minimum absolute atomic E-state index is 0.384. The molecule has 0 radical (unpaired) electrons. The van der Waals surface area contributed by atoms with Crippen LogP contribution in [0.1, 0.15) is 38.8 Å². The fourth-order valence-electron chi connectivity index (χ4n) is 1.84. The zero-order chi connectivity index (χ0) is 14.3. The highest BCUT2D eigenvalue weighted by Gasteiger charge is 2.49. The van der Waals surface area contributed by atoms with Crippen molar-refractivity contribution in [1.82, 2.24) is 4.98 Å². The molecular formula is C14H19BFNO2. The van der Waals surface area contributed by atoms with Gasteiger partial charge in [0.1, 0.15) is 0 Å². The first-order chi connectivity index (χ1) is 8.71. The van der Waals surface area contributed by atoms with Crippen LogP contribution in [0.25, 0.3) is 6.08 Å². The Bertz CT molecular complexity index is 498. The number of hydrogen-bond donors (Lipinski definition) is 0. The van der Waals surface area contributed by atoms with Gasteiger partial charge in [-0.1, -0.05) is 12.1 Å². The number of aromatic nitrogens is 1. The van der Waals surface area contributed by atoms with Gasteiger partial charge in [0.15, 0.2) is 0 Å². The Morgan fingerprint density at radius 2 is 1.79 bits per heavy atom. The summed E-state index contributed by atoms with van der Waals surface area (Å²) in [4.78, 5) is 3.68. The maximum absolute atomic E-state index is 13.5. The van der Waals surface area contributed by atoms with Gasteiger partial charge in [-0.2, -0.15) is 4.39 Å². The van der Waals surface area contributed by atoms with Crippen LogP contribution >= 0.6 is 0 Å². The second-order valence-electron chi connectivity index (χ2n) is 5.88. The lowest BCUT2D eigenvalue weighted by Crippen LogP contribution is -2.41. The van der Waals surface area contributed by atoms with E-state index >= 15 is 0 Å². The molecule has 5 heteroatoms. The largest absolute Gasteiger partial charge is 0.487 e. The smallest absolute Gasteiger partial charge is 0.400 e. The summed E-state index contributed by atoms with van der Waals surface area (Å²) in [7, 11) is -0.468. The van der Waals surface area contributed by atoms with E-state index in [0.29, 0.717) is 5.56 Å². The van der Waals surface area contributed by atoms with Gasteiger partial charge in [-0.25, -0.2) is 4.98 Å². The number of aryl methyl sites for hydroxylation is 1. The summed E-state index contributed by atoms with van der Waals surface area (Å²) >= 11 is 0. The van der Waals surface area contributed by atoms with E-state index in [1.807, 2.05) is 34.6 Å². The van der Waals surface area contributed by atoms with Gasteiger partial charge in [0.2, 0.25) is 5.95 Å². The van der Waals surface area contributed by atoms with E-state index in [9.17, 15) is 4.39 Å². The van der Waals surface area contributed by atoms with Crippen molar-refractivity contribution in [2.75, 3.05) is 0 Å². The lowest BCUT2D eigenvalue weighted by Gasteiger charge is -2.32. The Balaban J connectivity index is 2.15. The van der Waals surface area contributed by atoms with Crippen LogP contribution in [0.5, 0.6) is 0 Å². The van der Waals surface area contributed by atoms with E-state index in [2.05, 4.69) is 4.98 Å². The molecule has 1 saturated heterocycles. The van der Waals surface area contributed by atoms with Crippen LogP contribution < -0.4 is 0 Å². The van der Waals surface area contributed by atoms with Crippen LogP contribution in [-0.4, -0.2) is 23.3 Å². The topological polar surface area (TPSA) is 31.4 Å². The molecule has 1 aliphatic rings. The molecule has 0 bridgehead atoms. The first-order valence-corrected chi connectivity index (χ1v) is 6.37. The van der Waals surface area contributed by atoms with Gasteiger partial charge in [-0.3, -0.25) is 0 Å². The Morgan fingerprint density at radius 1 is 1.21 bits per heavy atom. The lowest BCUT2D eigenvalue weighted by molar-refractivity contribution is 0.00578. The summed E-state index contributed by atoms with van der Waals surface area (Å²) in [6, 6.07) is 1.74. The maximum atomic E-state index is 13.5. The summed E-state index contributed by atoms with van der Waals surface area (Å²) in [5, 5.41) is 0. The average molecular weight is 263 g/mol. The molecular weight excluding hydrogens is 244 g/mol. The van der Waals surface area contributed by atoms with Crippen LogP contribution in [0.15, 0.2) is 18.2 Å². The molecule has 0 N–H and O–H groups in total. The van der Waals surface area contributed by atoms with Crippen molar-refractivity contribution in [3.63, 3.8) is 0 Å². The molecule has 19 heavy (non-hydrogen) atoms. The van der Waals surface area contributed by atoms with E-state index in [0.717, 1.165) is 5.56 Å². The molecule has 0 amide bonds. The van der Waals surface area contributed by atoms with Crippen molar-refractivity contribution in [1.29, 1.82) is 0 Å². The van der Waals surface area contributed by atoms with Gasteiger partial charge in [-0.15, -0.1) is 0 Å². The summed E-state index contributed by atoms with van der Waals surface area (Å²) in [6.07, 6.45) is 3.15. The third-order valence-electron chi connectivity index (χ3n) is 3.71. The van der Waals surface area contributed by atoms with E-state index < -0.39 is 13.1 Å². The van der Waals surface area contributed by atoms with Gasteiger partial charge < -0.3 is 9.31 Å². The summed E-state index contributed by atoms with van der Waals surface area (Å²) in [5.74, 6) is 1.23. The monoisotopic (exact) mass is 263 g/mol. The zero-order valence-corrected chi connectivity index (χ0v) is 12.0. The van der Waals surface area contributed by atoms with Crippen molar-refractivity contribution in [2.24, 2.45) is 0 Å². The summed E-state index contributed by atoms with van der Waals surface area (Å²) < 4.78 is 25.1. The molecule has 0 aromatic carbocycles. The van der Waals surface area contributed by atoms with E-state index in [-0.39, 0.29) is 11.2 Å². The van der Waals surface area contributed by atoms with Crippen molar-refractivity contribution in [3.8, 4) is 0 Å². The summed E-state index contributed by atoms with van der Waals surface area (Å²) in [5.41, 5.74) is 0.585. The molecule has 1 aliphatic heterocycles. The van der Waals surface area contributed by atoms with Crippen LogP contribution in [0.3, 0.4) is 0 Å². The van der Waals surface area contributed by atoms with Crippen LogP contribution in [0, 0.1) is 12.9 Å². The predicted molar refractivity (Wildman–Crippen MR) is 74.0 cm³/mol. The van der Waals surface area contributed by atoms with E-state index in [4.69, 9.17) is 9.31 Å². The second-order valence-corrected chi connectivity index (χ2v) is 5.88. The van der Waals surface area contributed by atoms with E-state index in [1.54, 1.807) is 18.1 Å². The first-order valence-electron chi connectivity index (χ1n) is 6.37. The molecule has 0 spiro atoms. The van der Waals surface area contributed by atoms with Gasteiger partial charge in [0.05, 0.1) is 11.2 Å². The third-order valence-corrected chi connectivity index (χ3v) is 3.71. The maximum Gasteiger partial charge on any atom is 0.487 e. The SMILES string of the molecule is Cc1cnc(F)c(/C=C/B2OC(C)(C)C(C)(C)O2)c1. The fraction of sp³-hybridized carbons (Fsp3) is 0.500. The minimum Gasteiger partial charge on any atom is -0.400 e. The average Bonchev–Trinajstić information content (AvgIpc) is 2.49. The quantitative estimate of drug-likeness (QED) is 0.606. The third kappa shape index (κ3) is 2.87. The molecule has 102 valence electrons. The molecule has 2 heterocycles. The zero-order valence-electron chi connectivity index (χ0n) is 12.0. The van der Waals surface area contributed by atoms with Crippen molar-refractivity contribution in [2.45, 2.75) is 45.8 Å².